The first kappa shape index (κ1) is 25.0. The highest BCUT2D eigenvalue weighted by molar-refractivity contribution is 5.81. The molecule has 35 heavy (non-hydrogen) atoms. The lowest BCUT2D eigenvalue weighted by molar-refractivity contribution is -0.128. The van der Waals surface area contributed by atoms with Crippen molar-refractivity contribution in [2.45, 2.75) is 45.4 Å². The zero-order valence-corrected chi connectivity index (χ0v) is 21.0. The molecule has 0 unspecified atom stereocenters. The maximum absolute atomic E-state index is 12.6. The number of hydrogen-bond acceptors (Lipinski definition) is 4. The second-order valence-corrected chi connectivity index (χ2v) is 9.18. The van der Waals surface area contributed by atoms with Gasteiger partial charge in [-0.05, 0) is 54.2 Å². The van der Waals surface area contributed by atoms with Crippen LogP contribution in [0.3, 0.4) is 0 Å². The Hall–Kier alpha value is -3.15. The number of hydrogen-bond donors (Lipinski definition) is 1. The van der Waals surface area contributed by atoms with Crippen LogP contribution in [0.5, 0.6) is 5.75 Å². The van der Waals surface area contributed by atoms with E-state index in [1.165, 1.54) is 27.8 Å². The molecule has 0 saturated heterocycles. The van der Waals surface area contributed by atoms with Crippen LogP contribution in [0.2, 0.25) is 0 Å². The highest BCUT2D eigenvalue weighted by atomic mass is 16.5. The van der Waals surface area contributed by atoms with Gasteiger partial charge in [0.1, 0.15) is 5.75 Å². The number of carbonyl (C=O) groups excluding carboxylic acids is 1. The lowest BCUT2D eigenvalue weighted by Gasteiger charge is -2.38. The monoisotopic (exact) mass is 472 g/mol. The molecule has 4 rings (SSSR count). The Morgan fingerprint density at radius 3 is 2.66 bits per heavy atom. The van der Waals surface area contributed by atoms with E-state index in [4.69, 9.17) is 9.47 Å². The minimum Gasteiger partial charge on any atom is -0.481 e. The minimum atomic E-state index is -0.535. The van der Waals surface area contributed by atoms with E-state index in [0.29, 0.717) is 19.6 Å². The van der Waals surface area contributed by atoms with Gasteiger partial charge >= 0.3 is 0 Å². The Morgan fingerprint density at radius 2 is 1.91 bits per heavy atom. The molecule has 0 radical (unpaired) electrons. The Balaban J connectivity index is 1.62. The maximum Gasteiger partial charge on any atom is 0.261 e. The fraction of sp³-hybridized carbons (Fsp3) is 0.367. The molecule has 1 heterocycles. The summed E-state index contributed by atoms with van der Waals surface area (Å²) in [6.45, 7) is 6.93. The van der Waals surface area contributed by atoms with Crippen LogP contribution in [0.1, 0.15) is 47.2 Å². The summed E-state index contributed by atoms with van der Waals surface area (Å²) in [5.74, 6) is 0.624. The molecule has 0 aliphatic carbocycles. The van der Waals surface area contributed by atoms with Crippen LogP contribution in [-0.4, -0.2) is 43.7 Å². The third-order valence-corrected chi connectivity index (χ3v) is 6.58. The zero-order chi connectivity index (χ0) is 24.6. The van der Waals surface area contributed by atoms with E-state index >= 15 is 0 Å². The summed E-state index contributed by atoms with van der Waals surface area (Å²) in [5.41, 5.74) is 6.45. The van der Waals surface area contributed by atoms with Crippen molar-refractivity contribution >= 4 is 5.91 Å². The molecule has 0 bridgehead atoms. The molecule has 1 N–H and O–H groups in total. The van der Waals surface area contributed by atoms with Crippen molar-refractivity contribution in [1.82, 2.24) is 10.2 Å². The second kappa shape index (κ2) is 12.0. The van der Waals surface area contributed by atoms with Gasteiger partial charge in [0.2, 0.25) is 0 Å². The van der Waals surface area contributed by atoms with Crippen LogP contribution in [0.4, 0.5) is 0 Å². The Labute approximate surface area is 209 Å². The van der Waals surface area contributed by atoms with Crippen molar-refractivity contribution in [3.05, 3.63) is 101 Å². The predicted molar refractivity (Wildman–Crippen MR) is 140 cm³/mol. The molecule has 0 saturated carbocycles. The van der Waals surface area contributed by atoms with E-state index in [0.717, 1.165) is 25.3 Å². The van der Waals surface area contributed by atoms with Crippen molar-refractivity contribution in [3.63, 3.8) is 0 Å². The molecule has 1 aliphatic rings. The lowest BCUT2D eigenvalue weighted by atomic mass is 9.87. The van der Waals surface area contributed by atoms with E-state index in [1.807, 2.05) is 13.0 Å². The lowest BCUT2D eigenvalue weighted by Crippen LogP contribution is -2.39. The van der Waals surface area contributed by atoms with Gasteiger partial charge in [-0.15, -0.1) is 0 Å². The number of methoxy groups -OCH3 is 1. The third kappa shape index (κ3) is 6.30. The highest BCUT2D eigenvalue weighted by Gasteiger charge is 2.30. The van der Waals surface area contributed by atoms with E-state index in [1.54, 1.807) is 7.11 Å². The van der Waals surface area contributed by atoms with E-state index in [2.05, 4.69) is 83.9 Å². The number of nitrogens with zero attached hydrogens (tertiary/aromatic N) is 1. The summed E-state index contributed by atoms with van der Waals surface area (Å²) in [6.07, 6.45) is 1.05. The minimum absolute atomic E-state index is 0.108. The largest absolute Gasteiger partial charge is 0.481 e. The van der Waals surface area contributed by atoms with Crippen molar-refractivity contribution in [1.29, 1.82) is 0 Å². The fourth-order valence-electron chi connectivity index (χ4n) is 4.84. The number of carbonyl (C=O) groups is 1. The standard InChI is InChI=1S/C30H36N2O3/c1-4-28(30(33)31-16-18-34-3)35-26-14-13-24-15-17-32(21-23-10-8-9-22(2)19-23)29(27(24)20-26)25-11-6-5-7-12-25/h5-14,19-20,28-29H,4,15-18,21H2,1-3H3,(H,31,33)/t28-,29-/m1/s1. The van der Waals surface area contributed by atoms with Crippen LogP contribution >= 0.6 is 0 Å². The molecular formula is C30H36N2O3. The van der Waals surface area contributed by atoms with Crippen molar-refractivity contribution in [3.8, 4) is 5.75 Å². The number of benzene rings is 3. The Kier molecular flexibility index (Phi) is 8.56. The Bertz CT molecular complexity index is 1120. The third-order valence-electron chi connectivity index (χ3n) is 6.58. The van der Waals surface area contributed by atoms with Crippen molar-refractivity contribution in [2.24, 2.45) is 0 Å². The van der Waals surface area contributed by atoms with Crippen LogP contribution < -0.4 is 10.1 Å². The quantitative estimate of drug-likeness (QED) is 0.419. The Morgan fingerprint density at radius 1 is 1.09 bits per heavy atom. The average molecular weight is 473 g/mol. The number of ether oxygens (including phenoxy) is 2. The van der Waals surface area contributed by atoms with Crippen LogP contribution in [-0.2, 0) is 22.5 Å². The van der Waals surface area contributed by atoms with E-state index < -0.39 is 6.10 Å². The van der Waals surface area contributed by atoms with Gasteiger partial charge < -0.3 is 14.8 Å². The van der Waals surface area contributed by atoms with Crippen LogP contribution in [0.15, 0.2) is 72.8 Å². The van der Waals surface area contributed by atoms with Gasteiger partial charge in [-0.1, -0.05) is 73.2 Å². The first-order valence-corrected chi connectivity index (χ1v) is 12.5. The van der Waals surface area contributed by atoms with Crippen LogP contribution in [0, 0.1) is 6.92 Å². The van der Waals surface area contributed by atoms with Gasteiger partial charge in [-0.25, -0.2) is 0 Å². The molecule has 5 heteroatoms. The summed E-state index contributed by atoms with van der Waals surface area (Å²) in [5, 5.41) is 2.89. The topological polar surface area (TPSA) is 50.8 Å². The molecule has 1 amide bonds. The maximum atomic E-state index is 12.6. The normalized spacial score (nSPS) is 16.4. The zero-order valence-electron chi connectivity index (χ0n) is 21.0. The van der Waals surface area contributed by atoms with Crippen molar-refractivity contribution in [2.75, 3.05) is 26.8 Å². The summed E-state index contributed by atoms with van der Waals surface area (Å²) in [6, 6.07) is 25.9. The molecule has 0 fully saturated rings. The summed E-state index contributed by atoms with van der Waals surface area (Å²) in [4.78, 5) is 15.2. The molecule has 3 aromatic carbocycles. The first-order chi connectivity index (χ1) is 17.1. The second-order valence-electron chi connectivity index (χ2n) is 9.18. The summed E-state index contributed by atoms with van der Waals surface area (Å²) < 4.78 is 11.2. The SMILES string of the molecule is CC[C@@H](Oc1ccc2c(c1)[C@@H](c1ccccc1)N(Cc1cccc(C)c1)CC2)C(=O)NCCOC. The number of amides is 1. The molecule has 2 atom stereocenters. The number of fused-ring (bicyclic) bond motifs is 1. The van der Waals surface area contributed by atoms with E-state index in [-0.39, 0.29) is 11.9 Å². The summed E-state index contributed by atoms with van der Waals surface area (Å²) in [7, 11) is 1.62. The number of rotatable bonds is 10. The van der Waals surface area contributed by atoms with Gasteiger partial charge in [-0.2, -0.15) is 0 Å². The van der Waals surface area contributed by atoms with Crippen molar-refractivity contribution < 1.29 is 14.3 Å². The molecule has 0 spiro atoms. The molecule has 3 aromatic rings. The smallest absolute Gasteiger partial charge is 0.261 e. The van der Waals surface area contributed by atoms with Gasteiger partial charge in [0.15, 0.2) is 6.10 Å². The fourth-order valence-corrected chi connectivity index (χ4v) is 4.84. The van der Waals surface area contributed by atoms with Crippen LogP contribution in [0.25, 0.3) is 0 Å². The first-order valence-electron chi connectivity index (χ1n) is 12.5. The molecule has 5 nitrogen and oxygen atoms in total. The average Bonchev–Trinajstić information content (AvgIpc) is 2.87. The van der Waals surface area contributed by atoms with Gasteiger partial charge in [0.25, 0.3) is 5.91 Å². The highest BCUT2D eigenvalue weighted by Crippen LogP contribution is 2.38. The predicted octanol–water partition coefficient (Wildman–Crippen LogP) is 5.06. The van der Waals surface area contributed by atoms with Gasteiger partial charge in [0, 0.05) is 26.7 Å². The van der Waals surface area contributed by atoms with Gasteiger partial charge in [-0.3, -0.25) is 9.69 Å². The summed E-state index contributed by atoms with van der Waals surface area (Å²) >= 11 is 0. The molecule has 184 valence electrons. The van der Waals surface area contributed by atoms with E-state index in [9.17, 15) is 4.79 Å². The number of nitrogens with one attached hydrogen (secondary N) is 1. The molecule has 0 aromatic heterocycles. The molecular weight excluding hydrogens is 436 g/mol. The number of aryl methyl sites for hydroxylation is 1. The van der Waals surface area contributed by atoms with Gasteiger partial charge in [0.05, 0.1) is 12.6 Å². The molecule has 1 aliphatic heterocycles.